The quantitative estimate of drug-likeness (QED) is 0.844. The lowest BCUT2D eigenvalue weighted by molar-refractivity contribution is 0.527. The molecule has 0 heterocycles. The van der Waals surface area contributed by atoms with Crippen molar-refractivity contribution in [2.75, 3.05) is 24.1 Å². The molecule has 0 radical (unpaired) electrons. The van der Waals surface area contributed by atoms with E-state index in [1.54, 1.807) is 12.1 Å². The molecule has 0 aliphatic rings. The first-order chi connectivity index (χ1) is 7.81. The van der Waals surface area contributed by atoms with Gasteiger partial charge in [-0.25, -0.2) is 0 Å². The van der Waals surface area contributed by atoms with Crippen molar-refractivity contribution >= 4 is 21.6 Å². The van der Waals surface area contributed by atoms with E-state index in [0.29, 0.717) is 11.7 Å². The highest BCUT2D eigenvalue weighted by Gasteiger charge is 2.12. The van der Waals surface area contributed by atoms with Crippen LogP contribution in [0.25, 0.3) is 0 Å². The van der Waals surface area contributed by atoms with Crippen molar-refractivity contribution in [3.8, 4) is 0 Å². The van der Waals surface area contributed by atoms with Gasteiger partial charge in [-0.3, -0.25) is 4.72 Å². The van der Waals surface area contributed by atoms with Crippen LogP contribution in [0.2, 0.25) is 0 Å². The molecule has 0 spiro atoms. The van der Waals surface area contributed by atoms with E-state index in [-0.39, 0.29) is 0 Å². The first-order valence-corrected chi connectivity index (χ1v) is 6.82. The number of rotatable bonds is 5. The average molecular weight is 257 g/mol. The monoisotopic (exact) mass is 257 g/mol. The molecule has 0 saturated carbocycles. The number of nitrogens with zero attached hydrogens (tertiary/aromatic N) is 1. The molecule has 0 saturated heterocycles. The Balaban J connectivity index is 2.76. The fourth-order valence-electron chi connectivity index (χ4n) is 1.21. The fourth-order valence-corrected chi connectivity index (χ4v) is 1.82. The fraction of sp³-hybridized carbons (Fsp3) is 0.455. The summed E-state index contributed by atoms with van der Waals surface area (Å²) in [5.41, 5.74) is 1.51. The van der Waals surface area contributed by atoms with E-state index >= 15 is 0 Å². The van der Waals surface area contributed by atoms with Crippen LogP contribution in [0.3, 0.4) is 0 Å². The molecule has 5 nitrogen and oxygen atoms in total. The molecule has 17 heavy (non-hydrogen) atoms. The van der Waals surface area contributed by atoms with Gasteiger partial charge in [-0.1, -0.05) is 0 Å². The minimum atomic E-state index is -3.42. The number of hydrogen-bond acceptors (Lipinski definition) is 3. The standard InChI is InChI=1S/C11H19N3O2S/c1-9(2)12-10-5-7-11(8-6-10)13-17(15,16)14(3)4/h5-9,12-13H,1-4H3. The minimum Gasteiger partial charge on any atom is -0.383 e. The van der Waals surface area contributed by atoms with Crippen LogP contribution in [0, 0.1) is 0 Å². The van der Waals surface area contributed by atoms with Gasteiger partial charge in [-0.05, 0) is 38.1 Å². The summed E-state index contributed by atoms with van der Waals surface area (Å²) in [6.07, 6.45) is 0. The molecule has 6 heteroatoms. The Labute approximate surface area is 103 Å². The summed E-state index contributed by atoms with van der Waals surface area (Å²) in [6, 6.07) is 7.48. The lowest BCUT2D eigenvalue weighted by Gasteiger charge is -2.14. The molecule has 0 aromatic heterocycles. The van der Waals surface area contributed by atoms with Crippen molar-refractivity contribution in [2.24, 2.45) is 0 Å². The molecular weight excluding hydrogens is 238 g/mol. The van der Waals surface area contributed by atoms with Crippen LogP contribution in [0.15, 0.2) is 24.3 Å². The summed E-state index contributed by atoms with van der Waals surface area (Å²) < 4.78 is 26.7. The van der Waals surface area contributed by atoms with E-state index in [1.165, 1.54) is 14.1 Å². The van der Waals surface area contributed by atoms with E-state index in [0.717, 1.165) is 9.99 Å². The van der Waals surface area contributed by atoms with Crippen LogP contribution in [-0.2, 0) is 10.2 Å². The van der Waals surface area contributed by atoms with E-state index in [9.17, 15) is 8.42 Å². The summed E-state index contributed by atoms with van der Waals surface area (Å²) in [5.74, 6) is 0. The highest BCUT2D eigenvalue weighted by atomic mass is 32.2. The minimum absolute atomic E-state index is 0.347. The molecule has 0 aliphatic carbocycles. The van der Waals surface area contributed by atoms with E-state index in [2.05, 4.69) is 10.0 Å². The van der Waals surface area contributed by atoms with Gasteiger partial charge in [-0.2, -0.15) is 12.7 Å². The van der Waals surface area contributed by atoms with Crippen LogP contribution >= 0.6 is 0 Å². The van der Waals surface area contributed by atoms with Gasteiger partial charge in [0.05, 0.1) is 0 Å². The zero-order valence-electron chi connectivity index (χ0n) is 10.6. The first-order valence-electron chi connectivity index (χ1n) is 5.38. The van der Waals surface area contributed by atoms with Crippen LogP contribution in [0.4, 0.5) is 11.4 Å². The van der Waals surface area contributed by atoms with E-state index in [4.69, 9.17) is 0 Å². The van der Waals surface area contributed by atoms with Gasteiger partial charge >= 0.3 is 10.2 Å². The molecule has 0 amide bonds. The second-order valence-corrected chi connectivity index (χ2v) is 6.15. The highest BCUT2D eigenvalue weighted by Crippen LogP contribution is 2.15. The van der Waals surface area contributed by atoms with Gasteiger partial charge in [0.1, 0.15) is 0 Å². The van der Waals surface area contributed by atoms with Crippen molar-refractivity contribution in [1.82, 2.24) is 4.31 Å². The Morgan fingerprint density at radius 1 is 1.06 bits per heavy atom. The first kappa shape index (κ1) is 13.8. The number of anilines is 2. The summed E-state index contributed by atoms with van der Waals surface area (Å²) >= 11 is 0. The number of nitrogens with one attached hydrogen (secondary N) is 2. The summed E-state index contributed by atoms with van der Waals surface area (Å²) in [6.45, 7) is 4.09. The molecule has 1 rings (SSSR count). The van der Waals surface area contributed by atoms with Crippen LogP contribution in [-0.4, -0.2) is 32.9 Å². The van der Waals surface area contributed by atoms with Crippen LogP contribution in [0.1, 0.15) is 13.8 Å². The van der Waals surface area contributed by atoms with Crippen molar-refractivity contribution in [2.45, 2.75) is 19.9 Å². The molecule has 0 aliphatic heterocycles. The zero-order valence-corrected chi connectivity index (χ0v) is 11.4. The maximum atomic E-state index is 11.6. The maximum Gasteiger partial charge on any atom is 0.301 e. The number of hydrogen-bond donors (Lipinski definition) is 2. The third-order valence-corrected chi connectivity index (χ3v) is 3.52. The molecule has 0 fully saturated rings. The Morgan fingerprint density at radius 3 is 1.94 bits per heavy atom. The van der Waals surface area contributed by atoms with E-state index in [1.807, 2.05) is 26.0 Å². The molecule has 1 aromatic rings. The van der Waals surface area contributed by atoms with Crippen molar-refractivity contribution in [3.63, 3.8) is 0 Å². The Hall–Kier alpha value is -1.27. The van der Waals surface area contributed by atoms with Gasteiger partial charge in [0.2, 0.25) is 0 Å². The highest BCUT2D eigenvalue weighted by molar-refractivity contribution is 7.90. The van der Waals surface area contributed by atoms with Gasteiger partial charge < -0.3 is 5.32 Å². The van der Waals surface area contributed by atoms with Gasteiger partial charge in [-0.15, -0.1) is 0 Å². The Morgan fingerprint density at radius 2 is 1.53 bits per heavy atom. The number of benzene rings is 1. The third kappa shape index (κ3) is 4.24. The molecule has 0 bridgehead atoms. The molecular formula is C11H19N3O2S. The van der Waals surface area contributed by atoms with Gasteiger partial charge in [0.25, 0.3) is 0 Å². The largest absolute Gasteiger partial charge is 0.383 e. The second-order valence-electron chi connectivity index (χ2n) is 4.27. The summed E-state index contributed by atoms with van der Waals surface area (Å²) in [5, 5.41) is 3.23. The molecule has 96 valence electrons. The third-order valence-electron chi connectivity index (χ3n) is 2.07. The summed E-state index contributed by atoms with van der Waals surface area (Å²) in [4.78, 5) is 0. The Kier molecular flexibility index (Phi) is 4.36. The lowest BCUT2D eigenvalue weighted by Crippen LogP contribution is -2.28. The van der Waals surface area contributed by atoms with Crippen LogP contribution < -0.4 is 10.0 Å². The second kappa shape index (κ2) is 5.37. The smallest absolute Gasteiger partial charge is 0.301 e. The predicted molar refractivity (Wildman–Crippen MR) is 71.4 cm³/mol. The van der Waals surface area contributed by atoms with Crippen molar-refractivity contribution < 1.29 is 8.42 Å². The zero-order chi connectivity index (χ0) is 13.1. The van der Waals surface area contributed by atoms with Gasteiger partial charge in [0, 0.05) is 31.5 Å². The van der Waals surface area contributed by atoms with Crippen LogP contribution in [0.5, 0.6) is 0 Å². The SMILES string of the molecule is CC(C)Nc1ccc(NS(=O)(=O)N(C)C)cc1. The van der Waals surface area contributed by atoms with Crippen molar-refractivity contribution in [1.29, 1.82) is 0 Å². The van der Waals surface area contributed by atoms with E-state index < -0.39 is 10.2 Å². The molecule has 2 N–H and O–H groups in total. The van der Waals surface area contributed by atoms with Gasteiger partial charge in [0.15, 0.2) is 0 Å². The summed E-state index contributed by atoms with van der Waals surface area (Å²) in [7, 11) is -0.458. The topological polar surface area (TPSA) is 61.4 Å². The molecule has 0 atom stereocenters. The van der Waals surface area contributed by atoms with Crippen molar-refractivity contribution in [3.05, 3.63) is 24.3 Å². The maximum absolute atomic E-state index is 11.6. The average Bonchev–Trinajstić information content (AvgIpc) is 2.19. The molecule has 0 unspecified atom stereocenters. The lowest BCUT2D eigenvalue weighted by atomic mass is 10.2. The predicted octanol–water partition coefficient (Wildman–Crippen LogP) is 1.73. The Bertz CT molecular complexity index is 452. The normalized spacial score (nSPS) is 11.9. The molecule has 1 aromatic carbocycles.